The molecular weight excluding hydrogens is 352 g/mol. The largest absolute Gasteiger partial charge is 0.369 e. The molecule has 1 rings (SSSR count). The zero-order valence-electron chi connectivity index (χ0n) is 8.81. The Kier molecular flexibility index (Phi) is 4.96. The number of halogens is 2. The highest BCUT2D eigenvalue weighted by Gasteiger charge is 2.27. The number of nitrogens with zero attached hydrogens (tertiary/aromatic N) is 1. The molecule has 1 aromatic heterocycles. The molecule has 2 N–H and O–H groups in total. The number of likely N-dealkylation sites (N-methyl/N-ethyl adjacent to an activating group) is 1. The van der Waals surface area contributed by atoms with Gasteiger partial charge in [0.15, 0.2) is 0 Å². The predicted molar refractivity (Wildman–Crippen MR) is 70.7 cm³/mol. The fraction of sp³-hybridized carbons (Fsp3) is 0.375. The van der Waals surface area contributed by atoms with Crippen LogP contribution in [0.5, 0.6) is 0 Å². The van der Waals surface area contributed by atoms with E-state index in [0.29, 0.717) is 8.81 Å². The number of primary amides is 1. The van der Waals surface area contributed by atoms with Gasteiger partial charge in [0.25, 0.3) is 10.0 Å². The molecule has 0 aliphatic heterocycles. The lowest BCUT2D eigenvalue weighted by Crippen LogP contribution is -2.37. The zero-order valence-corrected chi connectivity index (χ0v) is 12.8. The quantitative estimate of drug-likeness (QED) is 0.866. The van der Waals surface area contributed by atoms with E-state index in [2.05, 4.69) is 15.9 Å². The molecule has 0 bridgehead atoms. The number of hydrogen-bond acceptors (Lipinski definition) is 4. The minimum Gasteiger partial charge on any atom is -0.369 e. The molecule has 0 aliphatic carbocycles. The Balaban J connectivity index is 3.12. The molecule has 96 valence electrons. The van der Waals surface area contributed by atoms with Gasteiger partial charge >= 0.3 is 0 Å². The number of thiophene rings is 1. The van der Waals surface area contributed by atoms with Gasteiger partial charge in [-0.3, -0.25) is 4.79 Å². The second kappa shape index (κ2) is 5.66. The summed E-state index contributed by atoms with van der Waals surface area (Å²) in [6.45, 7) is 1.45. The van der Waals surface area contributed by atoms with E-state index in [-0.39, 0.29) is 17.3 Å². The van der Waals surface area contributed by atoms with Gasteiger partial charge in [-0.05, 0) is 22.0 Å². The molecule has 17 heavy (non-hydrogen) atoms. The Labute approximate surface area is 117 Å². The molecule has 0 aromatic carbocycles. The van der Waals surface area contributed by atoms with Crippen LogP contribution in [0.3, 0.4) is 0 Å². The van der Waals surface area contributed by atoms with Crippen molar-refractivity contribution in [1.29, 1.82) is 0 Å². The lowest BCUT2D eigenvalue weighted by Gasteiger charge is -2.17. The molecule has 0 unspecified atom stereocenters. The summed E-state index contributed by atoms with van der Waals surface area (Å²) in [5, 5.41) is 0.323. The monoisotopic (exact) mass is 360 g/mol. The smallest absolute Gasteiger partial charge is 0.253 e. The van der Waals surface area contributed by atoms with Crippen molar-refractivity contribution in [3.05, 3.63) is 14.9 Å². The van der Waals surface area contributed by atoms with Crippen LogP contribution >= 0.6 is 38.9 Å². The van der Waals surface area contributed by atoms with Crippen LogP contribution in [0.15, 0.2) is 14.1 Å². The molecule has 0 spiro atoms. The molecule has 0 saturated heterocycles. The van der Waals surface area contributed by atoms with E-state index in [1.807, 2.05) is 0 Å². The van der Waals surface area contributed by atoms with Crippen molar-refractivity contribution < 1.29 is 13.2 Å². The van der Waals surface area contributed by atoms with Crippen molar-refractivity contribution in [2.24, 2.45) is 5.73 Å². The Morgan fingerprint density at radius 2 is 2.24 bits per heavy atom. The van der Waals surface area contributed by atoms with Gasteiger partial charge in [-0.25, -0.2) is 8.42 Å². The molecule has 0 fully saturated rings. The first-order chi connectivity index (χ1) is 7.78. The first-order valence-electron chi connectivity index (χ1n) is 4.52. The molecule has 1 amide bonds. The van der Waals surface area contributed by atoms with Crippen LogP contribution < -0.4 is 5.73 Å². The molecule has 0 saturated carbocycles. The third-order valence-corrected chi connectivity index (χ3v) is 6.75. The minimum atomic E-state index is -3.71. The van der Waals surface area contributed by atoms with Crippen molar-refractivity contribution in [3.8, 4) is 0 Å². The van der Waals surface area contributed by atoms with Crippen molar-refractivity contribution in [3.63, 3.8) is 0 Å². The van der Waals surface area contributed by atoms with Gasteiger partial charge < -0.3 is 5.73 Å². The van der Waals surface area contributed by atoms with E-state index >= 15 is 0 Å². The number of carbonyl (C=O) groups is 1. The van der Waals surface area contributed by atoms with Gasteiger partial charge in [-0.2, -0.15) is 4.31 Å². The highest BCUT2D eigenvalue weighted by molar-refractivity contribution is 9.11. The van der Waals surface area contributed by atoms with Crippen LogP contribution in [0.25, 0.3) is 0 Å². The second-order valence-electron chi connectivity index (χ2n) is 3.08. The summed E-state index contributed by atoms with van der Waals surface area (Å²) < 4.78 is 25.8. The third-order valence-electron chi connectivity index (χ3n) is 1.90. The van der Waals surface area contributed by atoms with Gasteiger partial charge in [0.1, 0.15) is 4.21 Å². The van der Waals surface area contributed by atoms with Crippen LogP contribution in [0.1, 0.15) is 6.92 Å². The minimum absolute atomic E-state index is 0.0810. The summed E-state index contributed by atoms with van der Waals surface area (Å²) in [6.07, 6.45) is 0. The van der Waals surface area contributed by atoms with Gasteiger partial charge in [0.2, 0.25) is 5.91 Å². The summed E-state index contributed by atoms with van der Waals surface area (Å²) in [4.78, 5) is 10.8. The summed E-state index contributed by atoms with van der Waals surface area (Å²) in [6, 6.07) is 1.34. The predicted octanol–water partition coefficient (Wildman–Crippen LogP) is 1.66. The van der Waals surface area contributed by atoms with Crippen LogP contribution in [0.2, 0.25) is 5.02 Å². The lowest BCUT2D eigenvalue weighted by molar-refractivity contribution is -0.118. The summed E-state index contributed by atoms with van der Waals surface area (Å²) >= 11 is 9.92. The average Bonchev–Trinajstić information content (AvgIpc) is 2.56. The lowest BCUT2D eigenvalue weighted by atomic mass is 10.6. The Hall–Kier alpha value is -0.150. The molecule has 5 nitrogen and oxygen atoms in total. The Morgan fingerprint density at radius 1 is 1.65 bits per heavy atom. The van der Waals surface area contributed by atoms with E-state index < -0.39 is 15.9 Å². The van der Waals surface area contributed by atoms with Gasteiger partial charge in [0, 0.05) is 6.54 Å². The topological polar surface area (TPSA) is 80.5 Å². The number of sulfonamides is 1. The maximum Gasteiger partial charge on any atom is 0.253 e. The Morgan fingerprint density at radius 3 is 2.59 bits per heavy atom. The molecule has 1 aromatic rings. The number of carbonyl (C=O) groups excluding carboxylic acids is 1. The van der Waals surface area contributed by atoms with Crippen LogP contribution in [0, 0.1) is 0 Å². The Bertz CT molecular complexity index is 509. The average molecular weight is 362 g/mol. The van der Waals surface area contributed by atoms with Crippen molar-refractivity contribution in [1.82, 2.24) is 4.31 Å². The van der Waals surface area contributed by atoms with E-state index in [9.17, 15) is 13.2 Å². The first kappa shape index (κ1) is 14.9. The fourth-order valence-electron chi connectivity index (χ4n) is 1.12. The molecule has 1 heterocycles. The van der Waals surface area contributed by atoms with Gasteiger partial charge in [-0.1, -0.05) is 18.5 Å². The van der Waals surface area contributed by atoms with Crippen molar-refractivity contribution in [2.45, 2.75) is 11.1 Å². The normalized spacial score (nSPS) is 12.0. The number of hydrogen-bond donors (Lipinski definition) is 1. The zero-order chi connectivity index (χ0) is 13.2. The maximum absolute atomic E-state index is 12.1. The molecule has 0 aliphatic rings. The number of nitrogens with two attached hydrogens (primary N) is 1. The molecular formula is C8H10BrClN2O3S2. The van der Waals surface area contributed by atoms with Gasteiger partial charge in [0.05, 0.1) is 15.4 Å². The van der Waals surface area contributed by atoms with E-state index in [0.717, 1.165) is 15.6 Å². The maximum atomic E-state index is 12.1. The molecule has 0 atom stereocenters. The first-order valence-corrected chi connectivity index (χ1v) is 7.95. The molecule has 0 radical (unpaired) electrons. The van der Waals surface area contributed by atoms with Crippen molar-refractivity contribution >= 4 is 54.8 Å². The second-order valence-corrected chi connectivity index (χ2v) is 8.03. The third kappa shape index (κ3) is 3.41. The van der Waals surface area contributed by atoms with Crippen LogP contribution in [-0.4, -0.2) is 31.7 Å². The van der Waals surface area contributed by atoms with E-state index in [1.165, 1.54) is 6.07 Å². The van der Waals surface area contributed by atoms with Crippen molar-refractivity contribution in [2.75, 3.05) is 13.1 Å². The van der Waals surface area contributed by atoms with Gasteiger partial charge in [-0.15, -0.1) is 11.3 Å². The van der Waals surface area contributed by atoms with E-state index in [1.54, 1.807) is 6.92 Å². The summed E-state index contributed by atoms with van der Waals surface area (Å²) in [5.74, 6) is -0.697. The standard InChI is InChI=1S/C8H10BrClN2O3S2/c1-2-12(4-6(11)13)17(14,15)7-3-5(10)8(9)16-7/h3H,2,4H2,1H3,(H2,11,13). The number of amides is 1. The van der Waals surface area contributed by atoms with Crippen LogP contribution in [0.4, 0.5) is 0 Å². The molecule has 9 heteroatoms. The number of rotatable bonds is 5. The summed E-state index contributed by atoms with van der Waals surface area (Å²) in [7, 11) is -3.71. The van der Waals surface area contributed by atoms with Crippen LogP contribution in [-0.2, 0) is 14.8 Å². The highest BCUT2D eigenvalue weighted by atomic mass is 79.9. The van der Waals surface area contributed by atoms with E-state index in [4.69, 9.17) is 17.3 Å². The highest BCUT2D eigenvalue weighted by Crippen LogP contribution is 2.35. The fourth-order valence-corrected chi connectivity index (χ4v) is 5.09. The SMILES string of the molecule is CCN(CC(N)=O)S(=O)(=O)c1cc(Cl)c(Br)s1. The summed E-state index contributed by atoms with van der Waals surface area (Å²) in [5.41, 5.74) is 5.00.